The van der Waals surface area contributed by atoms with E-state index < -0.39 is 0 Å². The molecule has 0 aromatic rings. The van der Waals surface area contributed by atoms with E-state index in [9.17, 15) is 0 Å². The second kappa shape index (κ2) is 6.65. The molecule has 0 aromatic heterocycles. The summed E-state index contributed by atoms with van der Waals surface area (Å²) in [5.74, 6) is 1.01. The molecule has 0 bridgehead atoms. The molecule has 2 aliphatic heterocycles. The minimum Gasteiger partial charge on any atom is -0.347 e. The first-order valence-corrected chi connectivity index (χ1v) is 9.86. The zero-order valence-electron chi connectivity index (χ0n) is 15.9. The van der Waals surface area contributed by atoms with Crippen molar-refractivity contribution in [2.24, 2.45) is 17.3 Å². The Morgan fingerprint density at radius 2 is 1.91 bits per heavy atom. The summed E-state index contributed by atoms with van der Waals surface area (Å²) in [6, 6.07) is 0.706. The Morgan fingerprint density at radius 3 is 2.57 bits per heavy atom. The van der Waals surface area contributed by atoms with E-state index in [-0.39, 0.29) is 11.9 Å². The van der Waals surface area contributed by atoms with E-state index >= 15 is 0 Å². The normalized spacial score (nSPS) is 43.2. The molecule has 5 unspecified atom stereocenters. The Kier molecular flexibility index (Phi) is 5.11. The minimum atomic E-state index is -0.286. The zero-order valence-corrected chi connectivity index (χ0v) is 15.9. The molecule has 1 saturated carbocycles. The van der Waals surface area contributed by atoms with Crippen LogP contribution in [0.5, 0.6) is 0 Å². The van der Waals surface area contributed by atoms with Gasteiger partial charge in [-0.1, -0.05) is 34.1 Å². The highest BCUT2D eigenvalue weighted by molar-refractivity contribution is 4.93. The monoisotopic (exact) mass is 323 g/mol. The molecule has 134 valence electrons. The summed E-state index contributed by atoms with van der Waals surface area (Å²) < 4.78 is 12.8. The highest BCUT2D eigenvalue weighted by Gasteiger charge is 2.50. The maximum Gasteiger partial charge on any atom is 0.171 e. The Bertz CT molecular complexity index is 405. The molecule has 0 N–H and O–H groups in total. The molecule has 3 aliphatic rings. The molecular weight excluding hydrogens is 286 g/mol. The Labute approximate surface area is 143 Å². The van der Waals surface area contributed by atoms with Crippen LogP contribution in [0.3, 0.4) is 0 Å². The first-order chi connectivity index (χ1) is 10.8. The van der Waals surface area contributed by atoms with Gasteiger partial charge in [-0.2, -0.15) is 0 Å². The van der Waals surface area contributed by atoms with Crippen molar-refractivity contribution >= 4 is 0 Å². The lowest BCUT2D eigenvalue weighted by molar-refractivity contribution is -0.228. The first-order valence-electron chi connectivity index (χ1n) is 9.86. The predicted molar refractivity (Wildman–Crippen MR) is 94.4 cm³/mol. The molecule has 3 heteroatoms. The summed E-state index contributed by atoms with van der Waals surface area (Å²) in [5.41, 5.74) is 0.400. The van der Waals surface area contributed by atoms with Crippen LogP contribution in [-0.2, 0) is 9.47 Å². The lowest BCUT2D eigenvalue weighted by Crippen LogP contribution is -2.47. The standard InChI is InChI=1S/C20H37NO2/c1-15-12-17(19(3,4)5)9-10-20(15)22-14-18(23-20)13-21-11-7-6-8-16(21)2/h15-18H,6-14H2,1-5H3. The van der Waals surface area contributed by atoms with E-state index in [1.807, 2.05) is 0 Å². The van der Waals surface area contributed by atoms with Gasteiger partial charge in [-0.15, -0.1) is 0 Å². The second-order valence-electron chi connectivity index (χ2n) is 9.44. The zero-order chi connectivity index (χ0) is 16.7. The Morgan fingerprint density at radius 1 is 1.13 bits per heavy atom. The van der Waals surface area contributed by atoms with Gasteiger partial charge in [-0.05, 0) is 50.5 Å². The number of rotatable bonds is 2. The summed E-state index contributed by atoms with van der Waals surface area (Å²) in [4.78, 5) is 2.61. The van der Waals surface area contributed by atoms with Crippen LogP contribution in [-0.4, -0.2) is 42.5 Å². The van der Waals surface area contributed by atoms with Crippen molar-refractivity contribution in [3.63, 3.8) is 0 Å². The van der Waals surface area contributed by atoms with Crippen LogP contribution in [0.25, 0.3) is 0 Å². The fourth-order valence-electron chi connectivity index (χ4n) is 4.89. The number of nitrogens with zero attached hydrogens (tertiary/aromatic N) is 1. The Balaban J connectivity index is 1.56. The third kappa shape index (κ3) is 3.77. The van der Waals surface area contributed by atoms with Gasteiger partial charge in [-0.25, -0.2) is 0 Å². The summed E-state index contributed by atoms with van der Waals surface area (Å²) in [7, 11) is 0. The van der Waals surface area contributed by atoms with Crippen molar-refractivity contribution in [3.8, 4) is 0 Å². The largest absolute Gasteiger partial charge is 0.347 e. The molecule has 1 aliphatic carbocycles. The fraction of sp³-hybridized carbons (Fsp3) is 1.00. The van der Waals surface area contributed by atoms with E-state index in [1.54, 1.807) is 0 Å². The molecule has 2 heterocycles. The lowest BCUT2D eigenvalue weighted by atomic mass is 9.67. The van der Waals surface area contributed by atoms with Crippen LogP contribution in [0.15, 0.2) is 0 Å². The van der Waals surface area contributed by atoms with Gasteiger partial charge in [0.15, 0.2) is 5.79 Å². The molecule has 0 aromatic carbocycles. The summed E-state index contributed by atoms with van der Waals surface area (Å²) in [6.07, 6.45) is 7.87. The number of piperidine rings is 1. The molecule has 0 amide bonds. The third-order valence-electron chi connectivity index (χ3n) is 6.71. The van der Waals surface area contributed by atoms with Crippen molar-refractivity contribution in [1.82, 2.24) is 4.90 Å². The van der Waals surface area contributed by atoms with Crippen LogP contribution >= 0.6 is 0 Å². The molecule has 23 heavy (non-hydrogen) atoms. The topological polar surface area (TPSA) is 21.7 Å². The molecule has 0 radical (unpaired) electrons. The van der Waals surface area contributed by atoms with Gasteiger partial charge in [0.25, 0.3) is 0 Å². The van der Waals surface area contributed by atoms with Crippen molar-refractivity contribution in [3.05, 3.63) is 0 Å². The molecule has 2 saturated heterocycles. The van der Waals surface area contributed by atoms with E-state index in [0.717, 1.165) is 25.5 Å². The predicted octanol–water partition coefficient (Wildman–Crippen LogP) is 4.45. The molecule has 5 atom stereocenters. The van der Waals surface area contributed by atoms with Crippen LogP contribution < -0.4 is 0 Å². The van der Waals surface area contributed by atoms with Crippen molar-refractivity contribution < 1.29 is 9.47 Å². The fourth-order valence-corrected chi connectivity index (χ4v) is 4.89. The number of hydrogen-bond donors (Lipinski definition) is 0. The van der Waals surface area contributed by atoms with Gasteiger partial charge in [-0.3, -0.25) is 4.90 Å². The summed E-state index contributed by atoms with van der Waals surface area (Å²) >= 11 is 0. The molecular formula is C20H37NO2. The SMILES string of the molecule is CC1CCCCN1CC1COC2(CCC(C(C)(C)C)CC2C)O1. The summed E-state index contributed by atoms with van der Waals surface area (Å²) in [5, 5.41) is 0. The summed E-state index contributed by atoms with van der Waals surface area (Å²) in [6.45, 7) is 14.9. The van der Waals surface area contributed by atoms with Crippen LogP contribution in [0.2, 0.25) is 0 Å². The smallest absolute Gasteiger partial charge is 0.171 e. The van der Waals surface area contributed by atoms with Gasteiger partial charge in [0.05, 0.1) is 12.7 Å². The van der Waals surface area contributed by atoms with Gasteiger partial charge >= 0.3 is 0 Å². The highest BCUT2D eigenvalue weighted by Crippen LogP contribution is 2.48. The molecule has 1 spiro atoms. The quantitative estimate of drug-likeness (QED) is 0.749. The number of ether oxygens (including phenoxy) is 2. The molecule has 3 fully saturated rings. The molecule has 3 rings (SSSR count). The van der Waals surface area contributed by atoms with Crippen molar-refractivity contribution in [2.45, 2.75) is 91.1 Å². The number of likely N-dealkylation sites (tertiary alicyclic amines) is 1. The van der Waals surface area contributed by atoms with Crippen molar-refractivity contribution in [1.29, 1.82) is 0 Å². The van der Waals surface area contributed by atoms with E-state index in [1.165, 1.54) is 38.6 Å². The number of hydrogen-bond acceptors (Lipinski definition) is 3. The van der Waals surface area contributed by atoms with Crippen LogP contribution in [0.4, 0.5) is 0 Å². The Hall–Kier alpha value is -0.120. The van der Waals surface area contributed by atoms with Gasteiger partial charge in [0, 0.05) is 24.9 Å². The first kappa shape index (κ1) is 17.7. The van der Waals surface area contributed by atoms with Crippen LogP contribution in [0, 0.1) is 17.3 Å². The average Bonchev–Trinajstić information content (AvgIpc) is 2.88. The maximum absolute atomic E-state index is 6.55. The van der Waals surface area contributed by atoms with E-state index in [0.29, 0.717) is 17.4 Å². The van der Waals surface area contributed by atoms with E-state index in [4.69, 9.17) is 9.47 Å². The van der Waals surface area contributed by atoms with Gasteiger partial charge in [0.2, 0.25) is 0 Å². The maximum atomic E-state index is 6.55. The molecule has 3 nitrogen and oxygen atoms in total. The van der Waals surface area contributed by atoms with Gasteiger partial charge < -0.3 is 9.47 Å². The minimum absolute atomic E-state index is 0.268. The van der Waals surface area contributed by atoms with E-state index in [2.05, 4.69) is 39.5 Å². The lowest BCUT2D eigenvalue weighted by Gasteiger charge is -2.45. The average molecular weight is 324 g/mol. The highest BCUT2D eigenvalue weighted by atomic mass is 16.7. The second-order valence-corrected chi connectivity index (χ2v) is 9.44. The van der Waals surface area contributed by atoms with Crippen molar-refractivity contribution in [2.75, 3.05) is 19.7 Å². The van der Waals surface area contributed by atoms with Crippen LogP contribution in [0.1, 0.15) is 73.1 Å². The van der Waals surface area contributed by atoms with Gasteiger partial charge in [0.1, 0.15) is 0 Å². The third-order valence-corrected chi connectivity index (χ3v) is 6.71.